The molecule has 3 aromatic rings. The molecule has 0 radical (unpaired) electrons. The number of anilines is 1. The molecule has 8 heteroatoms. The number of ether oxygens (including phenoxy) is 2. The second-order valence-corrected chi connectivity index (χ2v) is 8.20. The first-order chi connectivity index (χ1) is 16.6. The number of aromatic nitrogens is 1. The molecule has 1 aliphatic rings. The lowest BCUT2D eigenvalue weighted by Crippen LogP contribution is -2.53. The van der Waals surface area contributed by atoms with Crippen LogP contribution < -0.4 is 20.3 Å². The van der Waals surface area contributed by atoms with Gasteiger partial charge in [-0.15, -0.1) is 0 Å². The molecule has 8 nitrogen and oxygen atoms in total. The number of rotatable bonds is 5. The number of amides is 2. The zero-order valence-corrected chi connectivity index (χ0v) is 19.5. The topological polar surface area (TPSA) is 92.8 Å². The summed E-state index contributed by atoms with van der Waals surface area (Å²) < 4.78 is 11.6. The molecule has 2 N–H and O–H groups in total. The molecule has 0 bridgehead atoms. The Bertz CT molecular complexity index is 1150. The summed E-state index contributed by atoms with van der Waals surface area (Å²) in [5.74, 6) is 0.127. The van der Waals surface area contributed by atoms with E-state index in [-0.39, 0.29) is 11.8 Å². The van der Waals surface area contributed by atoms with Gasteiger partial charge in [0.05, 0.1) is 30.4 Å². The van der Waals surface area contributed by atoms with Gasteiger partial charge in [0.1, 0.15) is 18.4 Å². The van der Waals surface area contributed by atoms with Gasteiger partial charge in [-0.2, -0.15) is 0 Å². The van der Waals surface area contributed by atoms with Crippen LogP contribution in [0.4, 0.5) is 5.69 Å². The van der Waals surface area contributed by atoms with Gasteiger partial charge in [-0.1, -0.05) is 30.3 Å². The summed E-state index contributed by atoms with van der Waals surface area (Å²) in [6.45, 7) is 3.15. The normalized spacial score (nSPS) is 17.9. The lowest BCUT2D eigenvalue weighted by Gasteiger charge is -2.30. The van der Waals surface area contributed by atoms with Crippen molar-refractivity contribution < 1.29 is 19.1 Å². The molecule has 0 fully saturated rings. The average Bonchev–Trinajstić information content (AvgIpc) is 2.90. The van der Waals surface area contributed by atoms with E-state index >= 15 is 0 Å². The number of pyridine rings is 1. The van der Waals surface area contributed by atoms with Crippen molar-refractivity contribution in [2.45, 2.75) is 32.0 Å². The van der Waals surface area contributed by atoms with Crippen LogP contribution in [-0.2, 0) is 20.9 Å². The maximum Gasteiger partial charge on any atom is 0.250 e. The minimum atomic E-state index is -0.748. The first-order valence-corrected chi connectivity index (χ1v) is 11.5. The highest BCUT2D eigenvalue weighted by molar-refractivity contribution is 6.01. The van der Waals surface area contributed by atoms with Gasteiger partial charge in [-0.05, 0) is 50.2 Å². The quantitative estimate of drug-likeness (QED) is 0.606. The third-order valence-electron chi connectivity index (χ3n) is 5.96. The first kappa shape index (κ1) is 23.7. The molecule has 2 atom stereocenters. The van der Waals surface area contributed by atoms with E-state index in [1.165, 1.54) is 0 Å². The van der Waals surface area contributed by atoms with Crippen LogP contribution in [0.25, 0.3) is 10.9 Å². The predicted octanol–water partition coefficient (Wildman–Crippen LogP) is 2.66. The van der Waals surface area contributed by atoms with Crippen LogP contribution >= 0.6 is 0 Å². The molecule has 34 heavy (non-hydrogen) atoms. The van der Waals surface area contributed by atoms with Gasteiger partial charge in [0, 0.05) is 18.2 Å². The number of carbonyl (C=O) groups excluding carboxylic acids is 2. The van der Waals surface area contributed by atoms with Crippen molar-refractivity contribution in [3.63, 3.8) is 0 Å². The SMILES string of the molecule is CNC(C)C(=O)NC1CCOCCOc2ccccc2N(Cc2cccc3ncccc23)C1=O. The van der Waals surface area contributed by atoms with Crippen molar-refractivity contribution in [3.8, 4) is 5.75 Å². The van der Waals surface area contributed by atoms with Crippen molar-refractivity contribution in [2.24, 2.45) is 0 Å². The second-order valence-electron chi connectivity index (χ2n) is 8.20. The summed E-state index contributed by atoms with van der Waals surface area (Å²) in [5, 5.41) is 6.81. The van der Waals surface area contributed by atoms with Crippen molar-refractivity contribution in [1.29, 1.82) is 0 Å². The molecule has 0 aliphatic carbocycles. The number of benzene rings is 2. The van der Waals surface area contributed by atoms with E-state index in [2.05, 4.69) is 15.6 Å². The summed E-state index contributed by atoms with van der Waals surface area (Å²) >= 11 is 0. The molecular weight excluding hydrogens is 432 g/mol. The fraction of sp³-hybridized carbons (Fsp3) is 0.346. The minimum Gasteiger partial charge on any atom is -0.489 e. The zero-order valence-electron chi connectivity index (χ0n) is 19.5. The fourth-order valence-electron chi connectivity index (χ4n) is 3.95. The van der Waals surface area contributed by atoms with Gasteiger partial charge in [-0.25, -0.2) is 0 Å². The maximum absolute atomic E-state index is 14.0. The lowest BCUT2D eigenvalue weighted by molar-refractivity contribution is -0.129. The molecular formula is C26H30N4O4. The molecule has 178 valence electrons. The van der Waals surface area contributed by atoms with Gasteiger partial charge in [-0.3, -0.25) is 14.6 Å². The number of para-hydroxylation sites is 2. The Morgan fingerprint density at radius 2 is 1.97 bits per heavy atom. The van der Waals surface area contributed by atoms with Gasteiger partial charge >= 0.3 is 0 Å². The van der Waals surface area contributed by atoms with Gasteiger partial charge in [0.25, 0.3) is 0 Å². The van der Waals surface area contributed by atoms with Gasteiger partial charge in [0.15, 0.2) is 0 Å². The molecule has 1 aliphatic heterocycles. The number of likely N-dealkylation sites (N-methyl/N-ethyl adjacent to an activating group) is 1. The predicted molar refractivity (Wildman–Crippen MR) is 131 cm³/mol. The van der Waals surface area contributed by atoms with Crippen LogP contribution in [0.1, 0.15) is 18.9 Å². The highest BCUT2D eigenvalue weighted by Crippen LogP contribution is 2.31. The first-order valence-electron chi connectivity index (χ1n) is 11.5. The summed E-state index contributed by atoms with van der Waals surface area (Å²) in [5.41, 5.74) is 2.46. The molecule has 1 aromatic heterocycles. The highest BCUT2D eigenvalue weighted by Gasteiger charge is 2.30. The molecule has 0 spiro atoms. The van der Waals surface area contributed by atoms with Crippen LogP contribution in [0.3, 0.4) is 0 Å². The largest absolute Gasteiger partial charge is 0.489 e. The number of fused-ring (bicyclic) bond motifs is 2. The van der Waals surface area contributed by atoms with E-state index in [9.17, 15) is 9.59 Å². The summed E-state index contributed by atoms with van der Waals surface area (Å²) in [4.78, 5) is 32.8. The molecule has 2 aromatic carbocycles. The Morgan fingerprint density at radius 3 is 2.82 bits per heavy atom. The Kier molecular flexibility index (Phi) is 7.72. The number of carbonyl (C=O) groups is 2. The van der Waals surface area contributed by atoms with Crippen LogP contribution in [0.5, 0.6) is 5.75 Å². The van der Waals surface area contributed by atoms with E-state index < -0.39 is 12.1 Å². The lowest BCUT2D eigenvalue weighted by atomic mass is 10.1. The van der Waals surface area contributed by atoms with E-state index in [4.69, 9.17) is 9.47 Å². The minimum absolute atomic E-state index is 0.223. The van der Waals surface area contributed by atoms with Crippen LogP contribution in [0.15, 0.2) is 60.8 Å². The average molecular weight is 463 g/mol. The zero-order chi connectivity index (χ0) is 23.9. The van der Waals surface area contributed by atoms with E-state index in [1.54, 1.807) is 25.1 Å². The van der Waals surface area contributed by atoms with Gasteiger partial charge < -0.3 is 25.0 Å². The third kappa shape index (κ3) is 5.35. The number of hydrogen-bond acceptors (Lipinski definition) is 6. The van der Waals surface area contributed by atoms with E-state index in [0.29, 0.717) is 44.2 Å². The molecule has 0 saturated carbocycles. The monoisotopic (exact) mass is 462 g/mol. The number of hydrogen-bond donors (Lipinski definition) is 2. The third-order valence-corrected chi connectivity index (χ3v) is 5.96. The van der Waals surface area contributed by atoms with Crippen molar-refractivity contribution in [2.75, 3.05) is 31.8 Å². The standard InChI is InChI=1S/C26H30N4O4/c1-18(27-2)25(31)29-22-12-14-33-15-16-34-24-11-4-3-10-23(24)30(26(22)32)17-19-7-5-9-21-20(19)8-6-13-28-21/h3-11,13,18,22,27H,12,14-17H2,1-2H3,(H,29,31). The van der Waals surface area contributed by atoms with Crippen LogP contribution in [-0.4, -0.2) is 55.8 Å². The maximum atomic E-state index is 14.0. The number of nitrogens with one attached hydrogen (secondary N) is 2. The fourth-order valence-corrected chi connectivity index (χ4v) is 3.95. The van der Waals surface area contributed by atoms with Crippen LogP contribution in [0.2, 0.25) is 0 Å². The summed E-state index contributed by atoms with van der Waals surface area (Å²) in [6.07, 6.45) is 2.11. The Hall–Kier alpha value is -3.49. The molecule has 2 amide bonds. The Labute approximate surface area is 199 Å². The second kappa shape index (κ2) is 11.1. The van der Waals surface area contributed by atoms with Crippen molar-refractivity contribution in [3.05, 3.63) is 66.4 Å². The van der Waals surface area contributed by atoms with Crippen LogP contribution in [0, 0.1) is 0 Å². The van der Waals surface area contributed by atoms with Crippen molar-refractivity contribution >= 4 is 28.4 Å². The Morgan fingerprint density at radius 1 is 1.12 bits per heavy atom. The Balaban J connectivity index is 1.76. The number of nitrogens with zero attached hydrogens (tertiary/aromatic N) is 2. The molecule has 2 heterocycles. The highest BCUT2D eigenvalue weighted by atomic mass is 16.5. The summed E-state index contributed by atoms with van der Waals surface area (Å²) in [7, 11) is 1.71. The van der Waals surface area contributed by atoms with E-state index in [0.717, 1.165) is 16.5 Å². The smallest absolute Gasteiger partial charge is 0.250 e. The molecule has 0 saturated heterocycles. The summed E-state index contributed by atoms with van der Waals surface area (Å²) in [6, 6.07) is 16.0. The molecule has 4 rings (SSSR count). The van der Waals surface area contributed by atoms with Gasteiger partial charge in [0.2, 0.25) is 11.8 Å². The van der Waals surface area contributed by atoms with E-state index in [1.807, 2.05) is 54.6 Å². The van der Waals surface area contributed by atoms with Crippen molar-refractivity contribution in [1.82, 2.24) is 15.6 Å². The molecule has 2 unspecified atom stereocenters.